The second-order valence-corrected chi connectivity index (χ2v) is 6.53. The number of methoxy groups -OCH3 is 1. The fourth-order valence-corrected chi connectivity index (χ4v) is 3.05. The molecule has 0 saturated heterocycles. The quantitative estimate of drug-likeness (QED) is 0.868. The van der Waals surface area contributed by atoms with Crippen molar-refractivity contribution in [2.75, 3.05) is 12.4 Å². The van der Waals surface area contributed by atoms with Crippen molar-refractivity contribution in [3.63, 3.8) is 0 Å². The van der Waals surface area contributed by atoms with Gasteiger partial charge in [-0.3, -0.25) is 10.1 Å². The fraction of sp³-hybridized carbons (Fsp3) is 0.375. The number of hydrogen-bond acceptors (Lipinski definition) is 7. The van der Waals surface area contributed by atoms with Crippen molar-refractivity contribution in [2.24, 2.45) is 5.16 Å². The lowest BCUT2D eigenvalue weighted by molar-refractivity contribution is -0.125. The maximum absolute atomic E-state index is 12.0. The number of anilines is 1. The molecule has 0 bridgehead atoms. The van der Waals surface area contributed by atoms with Crippen molar-refractivity contribution in [3.05, 3.63) is 34.8 Å². The number of carbonyl (C=O) groups is 1. The number of amides is 1. The van der Waals surface area contributed by atoms with Crippen LogP contribution in [0, 0.1) is 0 Å². The Hall–Kier alpha value is -2.48. The number of oxime groups is 1. The van der Waals surface area contributed by atoms with E-state index in [2.05, 4.69) is 20.7 Å². The summed E-state index contributed by atoms with van der Waals surface area (Å²) in [6, 6.07) is 7.93. The number of nitrogens with one attached hydrogen (secondary N) is 1. The first-order valence-electron chi connectivity index (χ1n) is 7.59. The molecule has 2 heterocycles. The standard InChI is InChI=1S/C16H18N4O3S/c1-10-8-13(23-20-10)15(21)17-16-19-18-14(24-16)7-6-11-4-3-5-12(9-11)22-2/h3-5,9,13H,6-8H2,1-2H3,(H,17,19,21)/t13-/m0/s1. The molecule has 0 saturated carbocycles. The first-order valence-corrected chi connectivity index (χ1v) is 8.41. The van der Waals surface area contributed by atoms with E-state index in [1.54, 1.807) is 7.11 Å². The van der Waals surface area contributed by atoms with Gasteiger partial charge in [0.2, 0.25) is 11.2 Å². The molecular formula is C16H18N4O3S. The Kier molecular flexibility index (Phi) is 5.05. The molecule has 2 aromatic rings. The summed E-state index contributed by atoms with van der Waals surface area (Å²) in [5.41, 5.74) is 1.98. The highest BCUT2D eigenvalue weighted by Gasteiger charge is 2.26. The van der Waals surface area contributed by atoms with Gasteiger partial charge in [0.15, 0.2) is 0 Å². The van der Waals surface area contributed by atoms with Gasteiger partial charge in [-0.2, -0.15) is 0 Å². The molecule has 7 nitrogen and oxygen atoms in total. The van der Waals surface area contributed by atoms with Crippen LogP contribution in [0.1, 0.15) is 23.9 Å². The van der Waals surface area contributed by atoms with Gasteiger partial charge in [0, 0.05) is 12.8 Å². The van der Waals surface area contributed by atoms with Gasteiger partial charge in [0.1, 0.15) is 10.8 Å². The SMILES string of the molecule is COc1cccc(CCc2nnc(NC(=O)[C@@H]3CC(C)=NO3)s2)c1. The molecule has 1 atom stereocenters. The molecule has 126 valence electrons. The zero-order valence-electron chi connectivity index (χ0n) is 13.5. The Morgan fingerprint density at radius 3 is 3.04 bits per heavy atom. The zero-order chi connectivity index (χ0) is 16.9. The predicted molar refractivity (Wildman–Crippen MR) is 91.5 cm³/mol. The van der Waals surface area contributed by atoms with E-state index in [9.17, 15) is 4.79 Å². The minimum atomic E-state index is -0.575. The normalized spacial score (nSPS) is 16.4. The summed E-state index contributed by atoms with van der Waals surface area (Å²) in [6.07, 6.45) is 1.52. The van der Waals surface area contributed by atoms with E-state index in [1.165, 1.54) is 16.9 Å². The molecule has 0 unspecified atom stereocenters. The number of carbonyl (C=O) groups excluding carboxylic acids is 1. The highest BCUT2D eigenvalue weighted by Crippen LogP contribution is 2.20. The summed E-state index contributed by atoms with van der Waals surface area (Å²) >= 11 is 1.37. The van der Waals surface area contributed by atoms with Crippen LogP contribution in [0.5, 0.6) is 5.75 Å². The highest BCUT2D eigenvalue weighted by molar-refractivity contribution is 7.15. The summed E-state index contributed by atoms with van der Waals surface area (Å²) in [7, 11) is 1.65. The van der Waals surface area contributed by atoms with Crippen LogP contribution in [-0.4, -0.2) is 35.0 Å². The smallest absolute Gasteiger partial charge is 0.270 e. The average molecular weight is 346 g/mol. The number of ether oxygens (including phenoxy) is 1. The molecule has 1 amide bonds. The van der Waals surface area contributed by atoms with E-state index < -0.39 is 6.10 Å². The second kappa shape index (κ2) is 7.39. The molecule has 1 aromatic carbocycles. The topological polar surface area (TPSA) is 85.7 Å². The van der Waals surface area contributed by atoms with Crippen LogP contribution in [0.25, 0.3) is 0 Å². The first-order chi connectivity index (χ1) is 11.6. The minimum Gasteiger partial charge on any atom is -0.497 e. The van der Waals surface area contributed by atoms with Gasteiger partial charge in [0.25, 0.3) is 5.91 Å². The third kappa shape index (κ3) is 4.08. The second-order valence-electron chi connectivity index (χ2n) is 5.47. The molecule has 1 aliphatic rings. The molecule has 24 heavy (non-hydrogen) atoms. The van der Waals surface area contributed by atoms with Crippen molar-refractivity contribution >= 4 is 28.1 Å². The Morgan fingerprint density at radius 2 is 2.29 bits per heavy atom. The van der Waals surface area contributed by atoms with Crippen molar-refractivity contribution in [2.45, 2.75) is 32.3 Å². The summed E-state index contributed by atoms with van der Waals surface area (Å²) < 4.78 is 5.22. The van der Waals surface area contributed by atoms with Crippen LogP contribution in [-0.2, 0) is 22.5 Å². The van der Waals surface area contributed by atoms with E-state index in [-0.39, 0.29) is 5.91 Å². The van der Waals surface area contributed by atoms with Crippen LogP contribution >= 0.6 is 11.3 Å². The molecule has 0 aliphatic carbocycles. The molecule has 1 aliphatic heterocycles. The predicted octanol–water partition coefficient (Wildman–Crippen LogP) is 2.44. The minimum absolute atomic E-state index is 0.244. The zero-order valence-corrected chi connectivity index (χ0v) is 14.3. The molecule has 0 fully saturated rings. The van der Waals surface area contributed by atoms with E-state index in [4.69, 9.17) is 9.57 Å². The molecule has 0 spiro atoms. The number of benzene rings is 1. The van der Waals surface area contributed by atoms with Gasteiger partial charge in [0.05, 0.1) is 12.8 Å². The number of hydrogen-bond donors (Lipinski definition) is 1. The average Bonchev–Trinajstić information content (AvgIpc) is 3.22. The molecule has 8 heteroatoms. The summed E-state index contributed by atoms with van der Waals surface area (Å²) in [6.45, 7) is 1.83. The Labute approximate surface area is 143 Å². The van der Waals surface area contributed by atoms with E-state index in [0.29, 0.717) is 11.6 Å². The lowest BCUT2D eigenvalue weighted by Gasteiger charge is -2.06. The van der Waals surface area contributed by atoms with E-state index in [1.807, 2.05) is 31.2 Å². The van der Waals surface area contributed by atoms with Crippen LogP contribution in [0.2, 0.25) is 0 Å². The van der Waals surface area contributed by atoms with Gasteiger partial charge in [-0.1, -0.05) is 28.6 Å². The van der Waals surface area contributed by atoms with E-state index in [0.717, 1.165) is 29.3 Å². The summed E-state index contributed by atoms with van der Waals surface area (Å²) in [4.78, 5) is 17.1. The lowest BCUT2D eigenvalue weighted by atomic mass is 10.1. The number of nitrogens with zero attached hydrogens (tertiary/aromatic N) is 3. The number of aromatic nitrogens is 2. The molecular weight excluding hydrogens is 328 g/mol. The Morgan fingerprint density at radius 1 is 1.42 bits per heavy atom. The van der Waals surface area contributed by atoms with Crippen molar-refractivity contribution in [1.29, 1.82) is 0 Å². The summed E-state index contributed by atoms with van der Waals surface area (Å²) in [5.74, 6) is 0.595. The Bertz CT molecular complexity index is 759. The van der Waals surface area contributed by atoms with Crippen LogP contribution in [0.4, 0.5) is 5.13 Å². The monoisotopic (exact) mass is 346 g/mol. The molecule has 0 radical (unpaired) electrons. The molecule has 1 aromatic heterocycles. The third-order valence-corrected chi connectivity index (χ3v) is 4.47. The van der Waals surface area contributed by atoms with Crippen LogP contribution < -0.4 is 10.1 Å². The third-order valence-electron chi connectivity index (χ3n) is 3.57. The van der Waals surface area contributed by atoms with Gasteiger partial charge in [-0.05, 0) is 31.0 Å². The molecule has 3 rings (SSSR count). The van der Waals surface area contributed by atoms with Crippen molar-refractivity contribution < 1.29 is 14.4 Å². The number of aryl methyl sites for hydroxylation is 2. The van der Waals surface area contributed by atoms with Gasteiger partial charge < -0.3 is 9.57 Å². The van der Waals surface area contributed by atoms with Crippen molar-refractivity contribution in [3.8, 4) is 5.75 Å². The number of rotatable bonds is 6. The highest BCUT2D eigenvalue weighted by atomic mass is 32.1. The maximum atomic E-state index is 12.0. The van der Waals surface area contributed by atoms with Gasteiger partial charge >= 0.3 is 0 Å². The Balaban J connectivity index is 1.52. The van der Waals surface area contributed by atoms with E-state index >= 15 is 0 Å². The maximum Gasteiger partial charge on any atom is 0.270 e. The van der Waals surface area contributed by atoms with Crippen LogP contribution in [0.3, 0.4) is 0 Å². The fourth-order valence-electron chi connectivity index (χ4n) is 2.31. The van der Waals surface area contributed by atoms with Crippen LogP contribution in [0.15, 0.2) is 29.4 Å². The van der Waals surface area contributed by atoms with Gasteiger partial charge in [-0.25, -0.2) is 0 Å². The molecule has 1 N–H and O–H groups in total. The largest absolute Gasteiger partial charge is 0.497 e. The summed E-state index contributed by atoms with van der Waals surface area (Å²) in [5, 5.41) is 16.0. The lowest BCUT2D eigenvalue weighted by Crippen LogP contribution is -2.27. The van der Waals surface area contributed by atoms with Crippen molar-refractivity contribution in [1.82, 2.24) is 10.2 Å². The first kappa shape index (κ1) is 16.4. The van der Waals surface area contributed by atoms with Gasteiger partial charge in [-0.15, -0.1) is 10.2 Å².